The van der Waals surface area contributed by atoms with E-state index in [4.69, 9.17) is 0 Å². The Balaban J connectivity index is 1.62. The molecule has 0 bridgehead atoms. The van der Waals surface area contributed by atoms with E-state index in [0.29, 0.717) is 30.8 Å². The number of anilines is 2. The van der Waals surface area contributed by atoms with Crippen molar-refractivity contribution >= 4 is 39.1 Å². The van der Waals surface area contributed by atoms with Crippen LogP contribution in [0.1, 0.15) is 34.1 Å². The Morgan fingerprint density at radius 2 is 1.73 bits per heavy atom. The molecule has 1 N–H and O–H groups in total. The molecular weight excluding hydrogens is 444 g/mol. The molecule has 7 heteroatoms. The number of halogens is 1. The summed E-state index contributed by atoms with van der Waals surface area (Å²) in [5.41, 5.74) is 2.91. The van der Waals surface area contributed by atoms with Crippen LogP contribution in [0.2, 0.25) is 0 Å². The fourth-order valence-electron chi connectivity index (χ4n) is 3.98. The number of fused-ring (bicyclic) bond motifs is 1. The molecule has 2 aliphatic heterocycles. The molecule has 2 aromatic rings. The van der Waals surface area contributed by atoms with E-state index in [1.54, 1.807) is 18.2 Å². The summed E-state index contributed by atoms with van der Waals surface area (Å²) >= 11 is 3.51. The van der Waals surface area contributed by atoms with Gasteiger partial charge >= 0.3 is 0 Å². The zero-order chi connectivity index (χ0) is 21.3. The third-order valence-corrected chi connectivity index (χ3v) is 6.55. The van der Waals surface area contributed by atoms with Crippen molar-refractivity contribution in [2.24, 2.45) is 0 Å². The third kappa shape index (κ3) is 4.23. The zero-order valence-corrected chi connectivity index (χ0v) is 19.0. The summed E-state index contributed by atoms with van der Waals surface area (Å²) in [7, 11) is 2.06. The molecule has 158 valence electrons. The first kappa shape index (κ1) is 20.9. The highest BCUT2D eigenvalue weighted by molar-refractivity contribution is 9.10. The Morgan fingerprint density at radius 1 is 1.00 bits per heavy atom. The molecule has 4 rings (SSSR count). The number of piperazine rings is 1. The standard InChI is InChI=1S/C23H27BrN4O2/c1-16-9-10-28(21-6-4-3-5-20(21)25-16)22(29)17-7-8-19(24)18(15-17)23(30)27-13-11-26(2)12-14-27/h3-8,15-16,25H,9-14H2,1-2H3/t16-/m0/s1. The van der Waals surface area contributed by atoms with Gasteiger partial charge < -0.3 is 20.0 Å². The highest BCUT2D eigenvalue weighted by Gasteiger charge is 2.27. The lowest BCUT2D eigenvalue weighted by Crippen LogP contribution is -2.47. The molecule has 2 amide bonds. The van der Waals surface area contributed by atoms with Crippen molar-refractivity contribution in [1.82, 2.24) is 9.80 Å². The van der Waals surface area contributed by atoms with Gasteiger partial charge in [0.15, 0.2) is 0 Å². The average Bonchev–Trinajstić information content (AvgIpc) is 2.92. The van der Waals surface area contributed by atoms with Gasteiger partial charge in [0, 0.05) is 48.8 Å². The predicted molar refractivity (Wildman–Crippen MR) is 123 cm³/mol. The van der Waals surface area contributed by atoms with E-state index in [-0.39, 0.29) is 17.9 Å². The van der Waals surface area contributed by atoms with E-state index >= 15 is 0 Å². The Kier molecular flexibility index (Phi) is 6.11. The maximum Gasteiger partial charge on any atom is 0.258 e. The summed E-state index contributed by atoms with van der Waals surface area (Å²) in [6.07, 6.45) is 0.851. The van der Waals surface area contributed by atoms with Crippen LogP contribution in [-0.2, 0) is 0 Å². The lowest BCUT2D eigenvalue weighted by Gasteiger charge is -2.32. The normalized spacial score (nSPS) is 19.6. The van der Waals surface area contributed by atoms with Gasteiger partial charge in [0.2, 0.25) is 0 Å². The van der Waals surface area contributed by atoms with Gasteiger partial charge in [-0.25, -0.2) is 0 Å². The van der Waals surface area contributed by atoms with Crippen LogP contribution in [0.5, 0.6) is 0 Å². The molecule has 0 radical (unpaired) electrons. The molecule has 6 nitrogen and oxygen atoms in total. The summed E-state index contributed by atoms with van der Waals surface area (Å²) in [5, 5.41) is 3.48. The highest BCUT2D eigenvalue weighted by atomic mass is 79.9. The maximum atomic E-state index is 13.5. The second-order valence-electron chi connectivity index (χ2n) is 8.10. The molecule has 0 unspecified atom stereocenters. The van der Waals surface area contributed by atoms with Crippen LogP contribution in [0.3, 0.4) is 0 Å². The number of carbonyl (C=O) groups excluding carboxylic acids is 2. The first-order valence-corrected chi connectivity index (χ1v) is 11.2. The van der Waals surface area contributed by atoms with Crippen LogP contribution in [0.15, 0.2) is 46.9 Å². The van der Waals surface area contributed by atoms with Crippen molar-refractivity contribution in [2.75, 3.05) is 50.0 Å². The minimum Gasteiger partial charge on any atom is -0.381 e. The van der Waals surface area contributed by atoms with E-state index in [2.05, 4.69) is 40.1 Å². The van der Waals surface area contributed by atoms with Crippen LogP contribution in [0, 0.1) is 0 Å². The van der Waals surface area contributed by atoms with E-state index in [9.17, 15) is 9.59 Å². The van der Waals surface area contributed by atoms with Gasteiger partial charge in [-0.15, -0.1) is 0 Å². The maximum absolute atomic E-state index is 13.5. The number of amides is 2. The Labute approximate surface area is 186 Å². The predicted octanol–water partition coefficient (Wildman–Crippen LogP) is 3.69. The van der Waals surface area contributed by atoms with E-state index in [1.807, 2.05) is 34.1 Å². The van der Waals surface area contributed by atoms with Crippen LogP contribution >= 0.6 is 15.9 Å². The topological polar surface area (TPSA) is 55.9 Å². The van der Waals surface area contributed by atoms with Gasteiger partial charge in [-0.1, -0.05) is 12.1 Å². The van der Waals surface area contributed by atoms with Crippen molar-refractivity contribution < 1.29 is 9.59 Å². The first-order valence-electron chi connectivity index (χ1n) is 10.4. The summed E-state index contributed by atoms with van der Waals surface area (Å²) in [6, 6.07) is 13.5. The number of rotatable bonds is 2. The molecule has 0 spiro atoms. The summed E-state index contributed by atoms with van der Waals surface area (Å²) in [4.78, 5) is 32.5. The smallest absolute Gasteiger partial charge is 0.258 e. The number of nitrogens with one attached hydrogen (secondary N) is 1. The first-order chi connectivity index (χ1) is 14.4. The molecule has 0 aromatic heterocycles. The second kappa shape index (κ2) is 8.78. The lowest BCUT2D eigenvalue weighted by atomic mass is 10.1. The van der Waals surface area contributed by atoms with E-state index in [1.165, 1.54) is 0 Å². The Bertz CT molecular complexity index is 956. The molecule has 0 aliphatic carbocycles. The van der Waals surface area contributed by atoms with Crippen molar-refractivity contribution in [1.29, 1.82) is 0 Å². The number of likely N-dealkylation sites (N-methyl/N-ethyl adjacent to an activating group) is 1. The molecule has 30 heavy (non-hydrogen) atoms. The minimum atomic E-state index is -0.0849. The molecule has 1 atom stereocenters. The Hall–Kier alpha value is -2.38. The molecular formula is C23H27BrN4O2. The van der Waals surface area contributed by atoms with Crippen LogP contribution in [0.25, 0.3) is 0 Å². The Morgan fingerprint density at radius 3 is 2.50 bits per heavy atom. The fraction of sp³-hybridized carbons (Fsp3) is 0.391. The van der Waals surface area contributed by atoms with E-state index in [0.717, 1.165) is 35.4 Å². The SMILES string of the molecule is C[C@H]1CCN(C(=O)c2ccc(Br)c(C(=O)N3CCN(C)CC3)c2)c2ccccc2N1. The van der Waals surface area contributed by atoms with Gasteiger partial charge in [-0.05, 0) is 66.7 Å². The van der Waals surface area contributed by atoms with Gasteiger partial charge in [-0.2, -0.15) is 0 Å². The molecule has 2 aliphatic rings. The van der Waals surface area contributed by atoms with Gasteiger partial charge in [0.05, 0.1) is 16.9 Å². The number of benzene rings is 2. The van der Waals surface area contributed by atoms with Gasteiger partial charge in [0.1, 0.15) is 0 Å². The quantitative estimate of drug-likeness (QED) is 0.726. The monoisotopic (exact) mass is 470 g/mol. The van der Waals surface area contributed by atoms with Gasteiger partial charge in [0.25, 0.3) is 11.8 Å². The molecule has 2 heterocycles. The largest absolute Gasteiger partial charge is 0.381 e. The lowest BCUT2D eigenvalue weighted by molar-refractivity contribution is 0.0663. The number of para-hydroxylation sites is 2. The van der Waals surface area contributed by atoms with Crippen molar-refractivity contribution in [3.8, 4) is 0 Å². The van der Waals surface area contributed by atoms with Crippen LogP contribution < -0.4 is 10.2 Å². The number of hydrogen-bond donors (Lipinski definition) is 1. The number of carbonyl (C=O) groups is 2. The summed E-state index contributed by atoms with van der Waals surface area (Å²) in [6.45, 7) is 5.86. The third-order valence-electron chi connectivity index (χ3n) is 5.86. The van der Waals surface area contributed by atoms with Crippen LogP contribution in [0.4, 0.5) is 11.4 Å². The van der Waals surface area contributed by atoms with Crippen LogP contribution in [-0.4, -0.2) is 67.4 Å². The second-order valence-corrected chi connectivity index (χ2v) is 8.95. The number of nitrogens with zero attached hydrogens (tertiary/aromatic N) is 3. The van der Waals surface area contributed by atoms with E-state index < -0.39 is 0 Å². The van der Waals surface area contributed by atoms with Crippen molar-refractivity contribution in [3.05, 3.63) is 58.1 Å². The number of hydrogen-bond acceptors (Lipinski definition) is 4. The molecule has 0 saturated carbocycles. The van der Waals surface area contributed by atoms with Crippen molar-refractivity contribution in [2.45, 2.75) is 19.4 Å². The zero-order valence-electron chi connectivity index (χ0n) is 17.4. The fourth-order valence-corrected chi connectivity index (χ4v) is 4.40. The molecule has 1 fully saturated rings. The van der Waals surface area contributed by atoms with Gasteiger partial charge in [-0.3, -0.25) is 9.59 Å². The van der Waals surface area contributed by atoms with Crippen molar-refractivity contribution in [3.63, 3.8) is 0 Å². The molecule has 2 aromatic carbocycles. The minimum absolute atomic E-state index is 0.0313. The average molecular weight is 471 g/mol. The molecule has 1 saturated heterocycles. The highest BCUT2D eigenvalue weighted by Crippen LogP contribution is 2.31. The summed E-state index contributed by atoms with van der Waals surface area (Å²) < 4.78 is 0.717. The summed E-state index contributed by atoms with van der Waals surface area (Å²) in [5.74, 6) is -0.116.